The monoisotopic (exact) mass is 367 g/mol. The second-order valence-electron chi connectivity index (χ2n) is 5.53. The third-order valence-corrected chi connectivity index (χ3v) is 4.34. The summed E-state index contributed by atoms with van der Waals surface area (Å²) in [5, 5.41) is 7.03. The van der Waals surface area contributed by atoms with Gasteiger partial charge in [0, 0.05) is 10.9 Å². The average Bonchev–Trinajstić information content (AvgIpc) is 3.16. The van der Waals surface area contributed by atoms with Crippen LogP contribution in [0.4, 0.5) is 5.13 Å². The number of hydrazone groups is 1. The summed E-state index contributed by atoms with van der Waals surface area (Å²) in [4.78, 5) is 4.55. The number of hydrogen-bond acceptors (Lipinski definition) is 6. The van der Waals surface area contributed by atoms with Gasteiger partial charge in [-0.15, -0.1) is 11.3 Å². The van der Waals surface area contributed by atoms with Crippen LogP contribution in [0.3, 0.4) is 0 Å². The van der Waals surface area contributed by atoms with Crippen LogP contribution in [-0.2, 0) is 0 Å². The molecule has 3 rings (SSSR count). The molecule has 1 aromatic heterocycles. The average molecular weight is 367 g/mol. The maximum absolute atomic E-state index is 5.72. The van der Waals surface area contributed by atoms with Crippen LogP contribution in [0.15, 0.2) is 59.0 Å². The molecule has 0 atom stereocenters. The fourth-order valence-corrected chi connectivity index (χ4v) is 3.00. The van der Waals surface area contributed by atoms with Crippen LogP contribution in [0.25, 0.3) is 11.3 Å². The third-order valence-electron chi connectivity index (χ3n) is 3.60. The van der Waals surface area contributed by atoms with Gasteiger partial charge in [-0.1, -0.05) is 37.3 Å². The molecule has 0 aliphatic carbocycles. The van der Waals surface area contributed by atoms with Crippen LogP contribution in [-0.4, -0.2) is 24.9 Å². The van der Waals surface area contributed by atoms with Crippen LogP contribution >= 0.6 is 11.3 Å². The molecule has 6 heteroatoms. The number of anilines is 1. The molecule has 26 heavy (non-hydrogen) atoms. The van der Waals surface area contributed by atoms with Crippen molar-refractivity contribution in [3.8, 4) is 22.8 Å². The molecule has 3 aromatic rings. The smallest absolute Gasteiger partial charge is 0.203 e. The van der Waals surface area contributed by atoms with Gasteiger partial charge in [-0.2, -0.15) is 5.10 Å². The maximum Gasteiger partial charge on any atom is 0.203 e. The number of thiazole rings is 1. The van der Waals surface area contributed by atoms with Crippen LogP contribution in [0.1, 0.15) is 18.9 Å². The van der Waals surface area contributed by atoms with Crippen LogP contribution in [0.2, 0.25) is 0 Å². The summed E-state index contributed by atoms with van der Waals surface area (Å²) in [6, 6.07) is 15.8. The van der Waals surface area contributed by atoms with E-state index >= 15 is 0 Å². The summed E-state index contributed by atoms with van der Waals surface area (Å²) < 4.78 is 11.0. The number of methoxy groups -OCH3 is 1. The Labute approximate surface area is 157 Å². The number of nitrogens with zero attached hydrogens (tertiary/aromatic N) is 2. The van der Waals surface area contributed by atoms with Crippen molar-refractivity contribution in [1.29, 1.82) is 0 Å². The molecular formula is C20H21N3O2S. The molecule has 2 aromatic carbocycles. The minimum absolute atomic E-state index is 0.649. The zero-order valence-corrected chi connectivity index (χ0v) is 15.6. The van der Waals surface area contributed by atoms with Gasteiger partial charge in [-0.3, -0.25) is 5.43 Å². The summed E-state index contributed by atoms with van der Waals surface area (Å²) in [7, 11) is 1.64. The first-order chi connectivity index (χ1) is 12.8. The molecule has 0 radical (unpaired) electrons. The Morgan fingerprint density at radius 3 is 2.77 bits per heavy atom. The Kier molecular flexibility index (Phi) is 6.22. The molecule has 1 N–H and O–H groups in total. The highest BCUT2D eigenvalue weighted by Crippen LogP contribution is 2.28. The zero-order chi connectivity index (χ0) is 18.2. The normalized spacial score (nSPS) is 10.8. The van der Waals surface area contributed by atoms with E-state index in [0.717, 1.165) is 39.9 Å². The van der Waals surface area contributed by atoms with Crippen LogP contribution in [0.5, 0.6) is 11.5 Å². The van der Waals surface area contributed by atoms with E-state index in [1.165, 1.54) is 11.3 Å². The van der Waals surface area contributed by atoms with Crippen molar-refractivity contribution in [3.05, 3.63) is 59.5 Å². The van der Waals surface area contributed by atoms with Crippen molar-refractivity contribution >= 4 is 22.7 Å². The third kappa shape index (κ3) is 4.61. The number of benzene rings is 2. The minimum Gasteiger partial charge on any atom is -0.493 e. The predicted molar refractivity (Wildman–Crippen MR) is 108 cm³/mol. The summed E-state index contributed by atoms with van der Waals surface area (Å²) in [5.74, 6) is 1.44. The fraction of sp³-hybridized carbons (Fsp3) is 0.200. The fourth-order valence-electron chi connectivity index (χ4n) is 2.33. The van der Waals surface area contributed by atoms with Crippen LogP contribution in [0, 0.1) is 0 Å². The van der Waals surface area contributed by atoms with Crippen molar-refractivity contribution in [3.63, 3.8) is 0 Å². The van der Waals surface area contributed by atoms with Gasteiger partial charge in [0.1, 0.15) is 0 Å². The van der Waals surface area contributed by atoms with Gasteiger partial charge in [0.25, 0.3) is 0 Å². The van der Waals surface area contributed by atoms with Crippen LogP contribution < -0.4 is 14.9 Å². The second kappa shape index (κ2) is 9.01. The first-order valence-electron chi connectivity index (χ1n) is 8.41. The van der Waals surface area contributed by atoms with Crippen molar-refractivity contribution in [2.24, 2.45) is 5.10 Å². The highest BCUT2D eigenvalue weighted by molar-refractivity contribution is 7.14. The zero-order valence-electron chi connectivity index (χ0n) is 14.8. The molecule has 0 aliphatic rings. The molecular weight excluding hydrogens is 346 g/mol. The molecule has 0 saturated heterocycles. The van der Waals surface area contributed by atoms with E-state index in [1.807, 2.05) is 53.9 Å². The van der Waals surface area contributed by atoms with E-state index in [9.17, 15) is 0 Å². The second-order valence-corrected chi connectivity index (χ2v) is 6.39. The SMILES string of the molecule is CCCOc1cc(/C=N\Nc2nc(-c3ccccc3)cs2)ccc1OC. The quantitative estimate of drug-likeness (QED) is 0.447. The van der Waals surface area contributed by atoms with Gasteiger partial charge >= 0.3 is 0 Å². The molecule has 5 nitrogen and oxygen atoms in total. The maximum atomic E-state index is 5.72. The van der Waals surface area contributed by atoms with Gasteiger partial charge in [0.15, 0.2) is 11.5 Å². The summed E-state index contributed by atoms with van der Waals surface area (Å²) in [6.07, 6.45) is 2.68. The molecule has 0 amide bonds. The number of rotatable bonds is 8. The van der Waals surface area contributed by atoms with E-state index < -0.39 is 0 Å². The lowest BCUT2D eigenvalue weighted by molar-refractivity contribution is 0.294. The van der Waals surface area contributed by atoms with Crippen molar-refractivity contribution in [2.75, 3.05) is 19.1 Å². The van der Waals surface area contributed by atoms with E-state index in [1.54, 1.807) is 13.3 Å². The van der Waals surface area contributed by atoms with Gasteiger partial charge in [-0.05, 0) is 30.2 Å². The molecule has 0 fully saturated rings. The summed E-state index contributed by atoms with van der Waals surface area (Å²) >= 11 is 1.52. The first-order valence-corrected chi connectivity index (χ1v) is 9.29. The first kappa shape index (κ1) is 17.9. The molecule has 0 spiro atoms. The number of hydrogen-bond donors (Lipinski definition) is 1. The lowest BCUT2D eigenvalue weighted by atomic mass is 10.2. The minimum atomic E-state index is 0.649. The Hall–Kier alpha value is -2.86. The van der Waals surface area contributed by atoms with E-state index in [2.05, 4.69) is 22.4 Å². The van der Waals surface area contributed by atoms with Crippen molar-refractivity contribution in [1.82, 2.24) is 4.98 Å². The number of ether oxygens (including phenoxy) is 2. The Bertz CT molecular complexity index is 863. The van der Waals surface area contributed by atoms with Gasteiger partial charge in [0.05, 0.1) is 25.6 Å². The Balaban J connectivity index is 1.66. The lowest BCUT2D eigenvalue weighted by Crippen LogP contribution is -1.99. The highest BCUT2D eigenvalue weighted by Gasteiger charge is 2.05. The van der Waals surface area contributed by atoms with Gasteiger partial charge < -0.3 is 9.47 Å². The predicted octanol–water partition coefficient (Wildman–Crippen LogP) is 5.05. The Morgan fingerprint density at radius 2 is 2.00 bits per heavy atom. The molecule has 134 valence electrons. The summed E-state index contributed by atoms with van der Waals surface area (Å²) in [6.45, 7) is 2.72. The lowest BCUT2D eigenvalue weighted by Gasteiger charge is -2.10. The Morgan fingerprint density at radius 1 is 1.15 bits per heavy atom. The largest absolute Gasteiger partial charge is 0.493 e. The topological polar surface area (TPSA) is 55.7 Å². The number of aromatic nitrogens is 1. The van der Waals surface area contributed by atoms with Gasteiger partial charge in [-0.25, -0.2) is 4.98 Å². The summed E-state index contributed by atoms with van der Waals surface area (Å²) in [5.41, 5.74) is 5.93. The van der Waals surface area contributed by atoms with Crippen molar-refractivity contribution < 1.29 is 9.47 Å². The van der Waals surface area contributed by atoms with Gasteiger partial charge in [0.2, 0.25) is 5.13 Å². The molecule has 1 heterocycles. The standard InChI is InChI=1S/C20H21N3O2S/c1-3-11-25-19-12-15(9-10-18(19)24-2)13-21-23-20-22-17(14-26-20)16-7-5-4-6-8-16/h4-10,12-14H,3,11H2,1-2H3,(H,22,23)/b21-13-. The van der Waals surface area contributed by atoms with E-state index in [4.69, 9.17) is 9.47 Å². The molecule has 0 unspecified atom stereocenters. The van der Waals surface area contributed by atoms with E-state index in [-0.39, 0.29) is 0 Å². The van der Waals surface area contributed by atoms with Crippen molar-refractivity contribution in [2.45, 2.75) is 13.3 Å². The molecule has 0 aliphatic heterocycles. The molecule has 0 bridgehead atoms. The highest BCUT2D eigenvalue weighted by atomic mass is 32.1. The number of nitrogens with one attached hydrogen (secondary N) is 1. The van der Waals surface area contributed by atoms with E-state index in [0.29, 0.717) is 6.61 Å². The molecule has 0 saturated carbocycles.